The van der Waals surface area contributed by atoms with Gasteiger partial charge in [0.1, 0.15) is 5.69 Å². The summed E-state index contributed by atoms with van der Waals surface area (Å²) in [7, 11) is 0. The van der Waals surface area contributed by atoms with Gasteiger partial charge in [0, 0.05) is 5.69 Å². The number of carboxylic acids is 1. The molecule has 0 radical (unpaired) electrons. The molecule has 1 heterocycles. The van der Waals surface area contributed by atoms with E-state index in [9.17, 15) is 4.79 Å². The zero-order chi connectivity index (χ0) is 8.59. The number of aromatic nitrogens is 1. The third kappa shape index (κ3) is 1.23. The third-order valence-corrected chi connectivity index (χ3v) is 2.21. The number of halogens is 1. The lowest BCUT2D eigenvalue weighted by molar-refractivity contribution is 0.0690. The van der Waals surface area contributed by atoms with Crippen molar-refractivity contribution in [3.05, 3.63) is 15.9 Å². The highest BCUT2D eigenvalue weighted by Gasteiger charge is 2.14. The molecule has 0 unspecified atom stereocenters. The minimum absolute atomic E-state index is 0.0972. The molecule has 0 aromatic carbocycles. The number of carboxylic acid groups (broad SMARTS) is 1. The first-order valence-corrected chi connectivity index (χ1v) is 3.70. The fraction of sp³-hybridized carbons (Fsp3) is 0.167. The fourth-order valence-electron chi connectivity index (χ4n) is 0.756. The van der Waals surface area contributed by atoms with E-state index in [1.165, 1.54) is 0 Å². The minimum atomic E-state index is -1.02. The standard InChI is InChI=1S/C6H7BrN2O2/c1-2-4(8)3(7)5(9-2)6(10)11/h9H,8H2,1H3,(H,10,11). The van der Waals surface area contributed by atoms with Gasteiger partial charge < -0.3 is 15.8 Å². The number of anilines is 1. The highest BCUT2D eigenvalue weighted by molar-refractivity contribution is 9.10. The largest absolute Gasteiger partial charge is 0.477 e. The van der Waals surface area contributed by atoms with E-state index in [2.05, 4.69) is 20.9 Å². The molecule has 0 saturated carbocycles. The van der Waals surface area contributed by atoms with E-state index in [-0.39, 0.29) is 5.69 Å². The van der Waals surface area contributed by atoms with Crippen LogP contribution in [0.5, 0.6) is 0 Å². The number of carbonyl (C=O) groups is 1. The topological polar surface area (TPSA) is 79.1 Å². The van der Waals surface area contributed by atoms with Gasteiger partial charge in [0.15, 0.2) is 0 Å². The smallest absolute Gasteiger partial charge is 0.353 e. The average Bonchev–Trinajstić information content (AvgIpc) is 2.17. The first-order valence-electron chi connectivity index (χ1n) is 2.91. The number of rotatable bonds is 1. The Kier molecular flexibility index (Phi) is 1.90. The normalized spacial score (nSPS) is 10.0. The molecule has 1 rings (SSSR count). The second-order valence-electron chi connectivity index (χ2n) is 2.16. The van der Waals surface area contributed by atoms with E-state index in [4.69, 9.17) is 10.8 Å². The molecule has 0 amide bonds. The lowest BCUT2D eigenvalue weighted by Crippen LogP contribution is -1.97. The van der Waals surface area contributed by atoms with E-state index in [0.717, 1.165) is 0 Å². The number of nitrogen functional groups attached to an aromatic ring is 1. The van der Waals surface area contributed by atoms with Crippen LogP contribution in [0.25, 0.3) is 0 Å². The molecule has 0 aliphatic carbocycles. The first-order chi connectivity index (χ1) is 5.04. The zero-order valence-corrected chi connectivity index (χ0v) is 7.40. The van der Waals surface area contributed by atoms with Crippen molar-refractivity contribution < 1.29 is 9.90 Å². The van der Waals surface area contributed by atoms with Crippen molar-refractivity contribution in [1.29, 1.82) is 0 Å². The molecule has 0 saturated heterocycles. The Morgan fingerprint density at radius 1 is 1.73 bits per heavy atom. The number of hydrogen-bond acceptors (Lipinski definition) is 2. The quantitative estimate of drug-likeness (QED) is 0.667. The minimum Gasteiger partial charge on any atom is -0.477 e. The molecule has 11 heavy (non-hydrogen) atoms. The van der Waals surface area contributed by atoms with Gasteiger partial charge in [0.05, 0.1) is 10.2 Å². The summed E-state index contributed by atoms with van der Waals surface area (Å²) in [5, 5.41) is 8.59. The number of aryl methyl sites for hydroxylation is 1. The Morgan fingerprint density at radius 2 is 2.27 bits per heavy atom. The monoisotopic (exact) mass is 218 g/mol. The number of H-pyrrole nitrogens is 1. The van der Waals surface area contributed by atoms with Gasteiger partial charge in [0.25, 0.3) is 0 Å². The SMILES string of the molecule is Cc1[nH]c(C(=O)O)c(Br)c1N. The van der Waals surface area contributed by atoms with Crippen LogP contribution in [0.15, 0.2) is 4.47 Å². The molecule has 0 aliphatic rings. The van der Waals surface area contributed by atoms with Gasteiger partial charge in [0.2, 0.25) is 0 Å². The van der Waals surface area contributed by atoms with E-state index in [1.54, 1.807) is 6.92 Å². The molecular weight excluding hydrogens is 212 g/mol. The number of nitrogens with one attached hydrogen (secondary N) is 1. The Hall–Kier alpha value is -0.970. The van der Waals surface area contributed by atoms with E-state index >= 15 is 0 Å². The van der Waals surface area contributed by atoms with Crippen LogP contribution in [-0.4, -0.2) is 16.1 Å². The highest BCUT2D eigenvalue weighted by atomic mass is 79.9. The number of hydrogen-bond donors (Lipinski definition) is 3. The van der Waals surface area contributed by atoms with Crippen molar-refractivity contribution in [3.8, 4) is 0 Å². The van der Waals surface area contributed by atoms with Crippen LogP contribution in [0.4, 0.5) is 5.69 Å². The van der Waals surface area contributed by atoms with Gasteiger partial charge in [-0.15, -0.1) is 0 Å². The summed E-state index contributed by atoms with van der Waals surface area (Å²) in [6.07, 6.45) is 0. The zero-order valence-electron chi connectivity index (χ0n) is 5.81. The average molecular weight is 219 g/mol. The molecule has 4 nitrogen and oxygen atoms in total. The van der Waals surface area contributed by atoms with Crippen LogP contribution >= 0.6 is 15.9 Å². The van der Waals surface area contributed by atoms with Crippen molar-refractivity contribution in [3.63, 3.8) is 0 Å². The summed E-state index contributed by atoms with van der Waals surface area (Å²) in [6.45, 7) is 1.71. The van der Waals surface area contributed by atoms with Gasteiger partial charge >= 0.3 is 5.97 Å². The van der Waals surface area contributed by atoms with Crippen molar-refractivity contribution in [2.45, 2.75) is 6.92 Å². The molecule has 1 aromatic heterocycles. The maximum atomic E-state index is 10.5. The van der Waals surface area contributed by atoms with Crippen LogP contribution < -0.4 is 5.73 Å². The van der Waals surface area contributed by atoms with Crippen molar-refractivity contribution in [1.82, 2.24) is 4.98 Å². The molecule has 60 valence electrons. The molecule has 1 aromatic rings. The third-order valence-electron chi connectivity index (χ3n) is 1.39. The highest BCUT2D eigenvalue weighted by Crippen LogP contribution is 2.26. The van der Waals surface area contributed by atoms with Crippen molar-refractivity contribution in [2.24, 2.45) is 0 Å². The summed E-state index contributed by atoms with van der Waals surface area (Å²) in [5.74, 6) is -1.02. The molecule has 0 fully saturated rings. The van der Waals surface area contributed by atoms with Crippen LogP contribution in [0.1, 0.15) is 16.2 Å². The van der Waals surface area contributed by atoms with Gasteiger partial charge in [-0.05, 0) is 22.9 Å². The number of nitrogens with two attached hydrogens (primary N) is 1. The van der Waals surface area contributed by atoms with Crippen LogP contribution in [0.3, 0.4) is 0 Å². The lowest BCUT2D eigenvalue weighted by Gasteiger charge is -1.88. The Bertz CT molecular complexity index is 306. The Balaban J connectivity index is 3.29. The maximum absolute atomic E-state index is 10.5. The molecule has 5 heteroatoms. The van der Waals surface area contributed by atoms with E-state index < -0.39 is 5.97 Å². The first kappa shape index (κ1) is 8.13. The molecular formula is C6H7BrN2O2. The summed E-state index contributed by atoms with van der Waals surface area (Å²) in [6, 6.07) is 0. The Morgan fingerprint density at radius 3 is 2.45 bits per heavy atom. The van der Waals surface area contributed by atoms with Crippen molar-refractivity contribution in [2.75, 3.05) is 5.73 Å². The van der Waals surface area contributed by atoms with Crippen LogP contribution in [-0.2, 0) is 0 Å². The predicted molar refractivity (Wildman–Crippen MR) is 44.6 cm³/mol. The summed E-state index contributed by atoms with van der Waals surface area (Å²) in [5.41, 5.74) is 6.70. The summed E-state index contributed by atoms with van der Waals surface area (Å²) < 4.78 is 0.419. The predicted octanol–water partition coefficient (Wildman–Crippen LogP) is 1.37. The Labute approximate surface area is 71.5 Å². The molecule has 0 bridgehead atoms. The molecule has 0 aliphatic heterocycles. The number of aromatic carboxylic acids is 1. The van der Waals surface area contributed by atoms with E-state index in [1.807, 2.05) is 0 Å². The maximum Gasteiger partial charge on any atom is 0.353 e. The second kappa shape index (κ2) is 2.58. The molecule has 4 N–H and O–H groups in total. The van der Waals surface area contributed by atoms with Gasteiger partial charge in [-0.3, -0.25) is 0 Å². The van der Waals surface area contributed by atoms with Gasteiger partial charge in [-0.1, -0.05) is 0 Å². The van der Waals surface area contributed by atoms with Crippen molar-refractivity contribution >= 4 is 27.6 Å². The lowest BCUT2D eigenvalue weighted by atomic mass is 10.4. The summed E-state index contributed by atoms with van der Waals surface area (Å²) in [4.78, 5) is 13.1. The number of aromatic amines is 1. The fourth-order valence-corrected chi connectivity index (χ4v) is 1.32. The molecule has 0 spiro atoms. The summed E-state index contributed by atoms with van der Waals surface area (Å²) >= 11 is 3.06. The molecule has 0 atom stereocenters. The van der Waals surface area contributed by atoms with E-state index in [0.29, 0.717) is 15.9 Å². The van der Waals surface area contributed by atoms with Crippen LogP contribution in [0, 0.1) is 6.92 Å². The van der Waals surface area contributed by atoms with Gasteiger partial charge in [-0.25, -0.2) is 4.79 Å². The van der Waals surface area contributed by atoms with Gasteiger partial charge in [-0.2, -0.15) is 0 Å². The second-order valence-corrected chi connectivity index (χ2v) is 2.95. The van der Waals surface area contributed by atoms with Crippen LogP contribution in [0.2, 0.25) is 0 Å².